The van der Waals surface area contributed by atoms with E-state index in [-0.39, 0.29) is 5.75 Å². The van der Waals surface area contributed by atoms with E-state index in [4.69, 9.17) is 5.73 Å². The first kappa shape index (κ1) is 11.8. The van der Waals surface area contributed by atoms with E-state index >= 15 is 0 Å². The number of thiophene rings is 1. The standard InChI is InChI=1S/C15H15N3OS/c16-14-13(9-3-1-2-4-12(9)20-14)15-17-10-6-5-8(19)7-11(10)18-15/h5-7,19H,1-4,16H2,(H,17,18). The SMILES string of the molecule is Nc1sc2c(c1-c1nc3ccc(O)cc3[nH]1)CCCC2. The average molecular weight is 285 g/mol. The number of hydrogen-bond donors (Lipinski definition) is 3. The molecule has 0 amide bonds. The number of benzene rings is 1. The van der Waals surface area contributed by atoms with Crippen molar-refractivity contribution in [3.8, 4) is 17.1 Å². The maximum Gasteiger partial charge on any atom is 0.141 e. The van der Waals surface area contributed by atoms with Crippen molar-refractivity contribution in [2.75, 3.05) is 5.73 Å². The topological polar surface area (TPSA) is 74.9 Å². The molecule has 1 aliphatic rings. The van der Waals surface area contributed by atoms with E-state index in [0.717, 1.165) is 40.3 Å². The number of fused-ring (bicyclic) bond motifs is 2. The molecule has 102 valence electrons. The Kier molecular flexibility index (Phi) is 2.50. The van der Waals surface area contributed by atoms with Crippen molar-refractivity contribution < 1.29 is 5.11 Å². The molecule has 0 bridgehead atoms. The summed E-state index contributed by atoms with van der Waals surface area (Å²) in [5.41, 5.74) is 10.3. The molecule has 0 atom stereocenters. The zero-order valence-electron chi connectivity index (χ0n) is 10.9. The molecule has 2 aromatic heterocycles. The molecule has 3 aromatic rings. The Morgan fingerprint density at radius 3 is 3.00 bits per heavy atom. The van der Waals surface area contributed by atoms with Crippen LogP contribution in [0.5, 0.6) is 5.75 Å². The summed E-state index contributed by atoms with van der Waals surface area (Å²) < 4.78 is 0. The molecule has 4 nitrogen and oxygen atoms in total. The van der Waals surface area contributed by atoms with Crippen molar-refractivity contribution >= 4 is 27.4 Å². The van der Waals surface area contributed by atoms with E-state index in [1.807, 2.05) is 6.07 Å². The molecule has 0 saturated carbocycles. The van der Waals surface area contributed by atoms with Gasteiger partial charge < -0.3 is 15.8 Å². The van der Waals surface area contributed by atoms with Gasteiger partial charge in [0.05, 0.1) is 21.6 Å². The molecule has 0 fully saturated rings. The lowest BCUT2D eigenvalue weighted by Gasteiger charge is -2.11. The number of aromatic nitrogens is 2. The first-order valence-electron chi connectivity index (χ1n) is 6.81. The molecule has 0 unspecified atom stereocenters. The van der Waals surface area contributed by atoms with Crippen LogP contribution in [0.25, 0.3) is 22.4 Å². The van der Waals surface area contributed by atoms with Crippen LogP contribution in [0.2, 0.25) is 0 Å². The fourth-order valence-corrected chi connectivity index (χ4v) is 4.12. The number of phenolic OH excluding ortho intramolecular Hbond substituents is 1. The van der Waals surface area contributed by atoms with Gasteiger partial charge in [-0.3, -0.25) is 0 Å². The number of nitrogen functional groups attached to an aromatic ring is 1. The third kappa shape index (κ3) is 1.70. The van der Waals surface area contributed by atoms with Crippen LogP contribution >= 0.6 is 11.3 Å². The van der Waals surface area contributed by atoms with Crippen molar-refractivity contribution in [1.82, 2.24) is 9.97 Å². The van der Waals surface area contributed by atoms with Gasteiger partial charge in [0.1, 0.15) is 11.6 Å². The van der Waals surface area contributed by atoms with Gasteiger partial charge in [-0.05, 0) is 43.4 Å². The van der Waals surface area contributed by atoms with Gasteiger partial charge in [-0.1, -0.05) is 0 Å². The lowest BCUT2D eigenvalue weighted by atomic mass is 9.95. The molecular weight excluding hydrogens is 270 g/mol. The summed E-state index contributed by atoms with van der Waals surface area (Å²) in [6.45, 7) is 0. The molecule has 4 rings (SSSR count). The Morgan fingerprint density at radius 2 is 2.10 bits per heavy atom. The minimum atomic E-state index is 0.244. The average Bonchev–Trinajstić information content (AvgIpc) is 2.97. The van der Waals surface area contributed by atoms with E-state index in [2.05, 4.69) is 9.97 Å². The Morgan fingerprint density at radius 1 is 1.25 bits per heavy atom. The van der Waals surface area contributed by atoms with Crippen LogP contribution in [0.1, 0.15) is 23.3 Å². The number of nitrogens with zero attached hydrogens (tertiary/aromatic N) is 1. The highest BCUT2D eigenvalue weighted by Gasteiger charge is 2.22. The summed E-state index contributed by atoms with van der Waals surface area (Å²) in [6.07, 6.45) is 4.68. The van der Waals surface area contributed by atoms with Crippen molar-refractivity contribution in [3.63, 3.8) is 0 Å². The molecule has 5 heteroatoms. The summed E-state index contributed by atoms with van der Waals surface area (Å²) >= 11 is 1.69. The lowest BCUT2D eigenvalue weighted by Crippen LogP contribution is -2.00. The molecule has 0 radical (unpaired) electrons. The molecule has 1 aliphatic carbocycles. The van der Waals surface area contributed by atoms with Gasteiger partial charge in [0.25, 0.3) is 0 Å². The van der Waals surface area contributed by atoms with Crippen LogP contribution in [0.15, 0.2) is 18.2 Å². The van der Waals surface area contributed by atoms with E-state index in [9.17, 15) is 5.11 Å². The maximum atomic E-state index is 9.55. The normalized spacial score (nSPS) is 14.6. The zero-order valence-corrected chi connectivity index (χ0v) is 11.8. The van der Waals surface area contributed by atoms with Gasteiger partial charge >= 0.3 is 0 Å². The van der Waals surface area contributed by atoms with Gasteiger partial charge in [0.2, 0.25) is 0 Å². The van der Waals surface area contributed by atoms with E-state index in [1.54, 1.807) is 23.5 Å². The quantitative estimate of drug-likeness (QED) is 0.641. The summed E-state index contributed by atoms with van der Waals surface area (Å²) in [5, 5.41) is 10.4. The predicted octanol–water partition coefficient (Wildman–Crippen LogP) is 3.46. The minimum absolute atomic E-state index is 0.244. The molecule has 0 saturated heterocycles. The van der Waals surface area contributed by atoms with Gasteiger partial charge in [-0.25, -0.2) is 4.98 Å². The number of aromatic amines is 1. The van der Waals surface area contributed by atoms with Crippen LogP contribution in [0, 0.1) is 0 Å². The number of nitrogens with one attached hydrogen (secondary N) is 1. The van der Waals surface area contributed by atoms with Crippen molar-refractivity contribution in [1.29, 1.82) is 0 Å². The Hall–Kier alpha value is -2.01. The van der Waals surface area contributed by atoms with Crippen LogP contribution in [0.3, 0.4) is 0 Å². The summed E-state index contributed by atoms with van der Waals surface area (Å²) in [4.78, 5) is 9.32. The maximum absolute atomic E-state index is 9.55. The number of aromatic hydroxyl groups is 1. The summed E-state index contributed by atoms with van der Waals surface area (Å²) in [7, 11) is 0. The monoisotopic (exact) mass is 285 g/mol. The molecule has 0 spiro atoms. The van der Waals surface area contributed by atoms with Crippen molar-refractivity contribution in [2.45, 2.75) is 25.7 Å². The number of H-pyrrole nitrogens is 1. The van der Waals surface area contributed by atoms with Crippen LogP contribution in [-0.4, -0.2) is 15.1 Å². The van der Waals surface area contributed by atoms with Crippen molar-refractivity contribution in [3.05, 3.63) is 28.6 Å². The summed E-state index contributed by atoms with van der Waals surface area (Å²) in [5.74, 6) is 1.07. The fourth-order valence-electron chi connectivity index (χ4n) is 2.96. The highest BCUT2D eigenvalue weighted by atomic mass is 32.1. The van der Waals surface area contributed by atoms with E-state index in [1.165, 1.54) is 23.3 Å². The molecular formula is C15H15N3OS. The second-order valence-corrected chi connectivity index (χ2v) is 6.37. The Labute approximate surface area is 120 Å². The van der Waals surface area contributed by atoms with Gasteiger partial charge in [0.15, 0.2) is 0 Å². The third-order valence-electron chi connectivity index (χ3n) is 3.90. The Balaban J connectivity index is 1.92. The molecule has 1 aromatic carbocycles. The minimum Gasteiger partial charge on any atom is -0.508 e. The van der Waals surface area contributed by atoms with Gasteiger partial charge in [-0.2, -0.15) is 0 Å². The number of phenols is 1. The highest BCUT2D eigenvalue weighted by Crippen LogP contribution is 2.41. The van der Waals surface area contributed by atoms with Crippen LogP contribution < -0.4 is 5.73 Å². The lowest BCUT2D eigenvalue weighted by molar-refractivity contribution is 0.476. The Bertz CT molecular complexity index is 803. The molecule has 0 aliphatic heterocycles. The van der Waals surface area contributed by atoms with Crippen LogP contribution in [-0.2, 0) is 12.8 Å². The fraction of sp³-hybridized carbons (Fsp3) is 0.267. The number of nitrogens with two attached hydrogens (primary N) is 1. The first-order valence-corrected chi connectivity index (χ1v) is 7.63. The number of hydrogen-bond acceptors (Lipinski definition) is 4. The number of imidazole rings is 1. The second kappa shape index (κ2) is 4.24. The van der Waals surface area contributed by atoms with Gasteiger partial charge in [0, 0.05) is 10.9 Å². The van der Waals surface area contributed by atoms with E-state index in [0.29, 0.717) is 0 Å². The second-order valence-electron chi connectivity index (χ2n) is 5.24. The number of anilines is 1. The number of rotatable bonds is 1. The largest absolute Gasteiger partial charge is 0.508 e. The summed E-state index contributed by atoms with van der Waals surface area (Å²) in [6, 6.07) is 5.17. The molecule has 20 heavy (non-hydrogen) atoms. The van der Waals surface area contributed by atoms with Crippen LogP contribution in [0.4, 0.5) is 5.00 Å². The third-order valence-corrected chi connectivity index (χ3v) is 5.02. The zero-order chi connectivity index (χ0) is 13.7. The van der Waals surface area contributed by atoms with E-state index < -0.39 is 0 Å². The van der Waals surface area contributed by atoms with Gasteiger partial charge in [-0.15, -0.1) is 11.3 Å². The smallest absolute Gasteiger partial charge is 0.141 e. The first-order chi connectivity index (χ1) is 9.72. The highest BCUT2D eigenvalue weighted by molar-refractivity contribution is 7.16. The molecule has 2 heterocycles. The predicted molar refractivity (Wildman–Crippen MR) is 82.1 cm³/mol. The number of aryl methyl sites for hydroxylation is 1. The van der Waals surface area contributed by atoms with Crippen molar-refractivity contribution in [2.24, 2.45) is 0 Å². The molecule has 4 N–H and O–H groups in total.